The highest BCUT2D eigenvalue weighted by Crippen LogP contribution is 2.06. The number of likely N-dealkylation sites (N-methyl/N-ethyl adjacent to an activating group) is 1. The van der Waals surface area contributed by atoms with Gasteiger partial charge in [-0.15, -0.1) is 0 Å². The van der Waals surface area contributed by atoms with Gasteiger partial charge in [-0.25, -0.2) is 0 Å². The van der Waals surface area contributed by atoms with Crippen LogP contribution in [0.3, 0.4) is 0 Å². The zero-order valence-corrected chi connectivity index (χ0v) is 21.8. The first kappa shape index (κ1) is 32.6. The SMILES string of the molecule is CNCCOCCOCCOCCOCCOCCOCCOCCOCCOC1CCNCC1. The van der Waals surface area contributed by atoms with Crippen LogP contribution >= 0.6 is 0 Å². The summed E-state index contributed by atoms with van der Waals surface area (Å²) < 4.78 is 49.4. The molecule has 210 valence electrons. The number of hydrogen-bond acceptors (Lipinski definition) is 11. The van der Waals surface area contributed by atoms with Gasteiger partial charge in [-0.3, -0.25) is 0 Å². The van der Waals surface area contributed by atoms with Gasteiger partial charge in [0.15, 0.2) is 0 Å². The van der Waals surface area contributed by atoms with E-state index in [1.54, 1.807) is 0 Å². The summed E-state index contributed by atoms with van der Waals surface area (Å²) in [7, 11) is 1.90. The van der Waals surface area contributed by atoms with Crippen LogP contribution in [0.4, 0.5) is 0 Å². The Kier molecular flexibility index (Phi) is 26.2. The Morgan fingerprint density at radius 3 is 1.14 bits per heavy atom. The number of nitrogens with one attached hydrogen (secondary N) is 2. The van der Waals surface area contributed by atoms with Crippen LogP contribution in [0.5, 0.6) is 0 Å². The van der Waals surface area contributed by atoms with Gasteiger partial charge in [-0.1, -0.05) is 0 Å². The summed E-state index contributed by atoms with van der Waals surface area (Å²) in [5.74, 6) is 0. The molecule has 35 heavy (non-hydrogen) atoms. The molecular weight excluding hydrogens is 460 g/mol. The fourth-order valence-corrected chi connectivity index (χ4v) is 3.05. The minimum absolute atomic E-state index is 0.380. The lowest BCUT2D eigenvalue weighted by molar-refractivity contribution is -0.0318. The standard InChI is InChI=1S/C24H50N2O9/c1-25-6-7-27-8-9-28-10-11-29-12-13-30-14-15-31-16-17-32-18-19-33-20-21-34-22-23-35-24-2-4-26-5-3-24/h24-26H,2-23H2,1H3. The topological polar surface area (TPSA) is 107 Å². The second-order valence-electron chi connectivity index (χ2n) is 7.82. The summed E-state index contributed by atoms with van der Waals surface area (Å²) in [6, 6.07) is 0. The normalized spacial score (nSPS) is 14.7. The molecular formula is C24H50N2O9. The Morgan fingerprint density at radius 1 is 0.486 bits per heavy atom. The molecule has 2 N–H and O–H groups in total. The van der Waals surface area contributed by atoms with Gasteiger partial charge in [0.1, 0.15) is 0 Å². The van der Waals surface area contributed by atoms with E-state index in [-0.39, 0.29) is 0 Å². The molecule has 0 saturated carbocycles. The van der Waals surface area contributed by atoms with Crippen molar-refractivity contribution in [3.8, 4) is 0 Å². The smallest absolute Gasteiger partial charge is 0.0704 e. The maximum atomic E-state index is 5.78. The molecule has 0 atom stereocenters. The van der Waals surface area contributed by atoms with Crippen molar-refractivity contribution in [1.29, 1.82) is 0 Å². The molecule has 1 aliphatic rings. The van der Waals surface area contributed by atoms with Crippen molar-refractivity contribution in [3.05, 3.63) is 0 Å². The highest BCUT2D eigenvalue weighted by Gasteiger charge is 2.12. The van der Waals surface area contributed by atoms with Gasteiger partial charge < -0.3 is 53.3 Å². The van der Waals surface area contributed by atoms with Crippen LogP contribution in [0.2, 0.25) is 0 Å². The van der Waals surface area contributed by atoms with E-state index >= 15 is 0 Å². The van der Waals surface area contributed by atoms with Crippen molar-refractivity contribution in [3.63, 3.8) is 0 Å². The molecule has 1 fully saturated rings. The number of rotatable bonds is 28. The Hall–Kier alpha value is -0.440. The Morgan fingerprint density at radius 2 is 0.800 bits per heavy atom. The van der Waals surface area contributed by atoms with Gasteiger partial charge in [0, 0.05) is 6.54 Å². The lowest BCUT2D eigenvalue weighted by atomic mass is 10.1. The van der Waals surface area contributed by atoms with Crippen LogP contribution in [0.1, 0.15) is 12.8 Å². The fourth-order valence-electron chi connectivity index (χ4n) is 3.05. The number of ether oxygens (including phenoxy) is 9. The predicted octanol–water partition coefficient (Wildman–Crippen LogP) is 0.107. The van der Waals surface area contributed by atoms with Crippen molar-refractivity contribution in [2.45, 2.75) is 18.9 Å². The van der Waals surface area contributed by atoms with Crippen LogP contribution in [-0.4, -0.2) is 145 Å². The largest absolute Gasteiger partial charge is 0.378 e. The lowest BCUT2D eigenvalue weighted by Gasteiger charge is -2.22. The molecule has 1 aliphatic heterocycles. The summed E-state index contributed by atoms with van der Waals surface area (Å²) in [6.07, 6.45) is 2.55. The van der Waals surface area contributed by atoms with Crippen LogP contribution in [-0.2, 0) is 42.6 Å². The first-order valence-corrected chi connectivity index (χ1v) is 13.0. The molecule has 0 aromatic carbocycles. The van der Waals surface area contributed by atoms with Crippen molar-refractivity contribution >= 4 is 0 Å². The van der Waals surface area contributed by atoms with Crippen molar-refractivity contribution in [1.82, 2.24) is 10.6 Å². The van der Waals surface area contributed by atoms with E-state index in [9.17, 15) is 0 Å². The molecule has 0 amide bonds. The third-order valence-corrected chi connectivity index (χ3v) is 4.97. The maximum Gasteiger partial charge on any atom is 0.0704 e. The molecule has 1 heterocycles. The van der Waals surface area contributed by atoms with E-state index in [2.05, 4.69) is 10.6 Å². The van der Waals surface area contributed by atoms with Gasteiger partial charge in [0.2, 0.25) is 0 Å². The van der Waals surface area contributed by atoms with Gasteiger partial charge in [0.25, 0.3) is 0 Å². The molecule has 11 nitrogen and oxygen atoms in total. The van der Waals surface area contributed by atoms with Crippen molar-refractivity contribution in [2.24, 2.45) is 0 Å². The monoisotopic (exact) mass is 510 g/mol. The van der Waals surface area contributed by atoms with Gasteiger partial charge in [-0.05, 0) is 33.0 Å². The van der Waals surface area contributed by atoms with E-state index in [1.807, 2.05) is 7.05 Å². The van der Waals surface area contributed by atoms with E-state index in [4.69, 9.17) is 42.6 Å². The highest BCUT2D eigenvalue weighted by atomic mass is 16.6. The van der Waals surface area contributed by atoms with E-state index in [0.717, 1.165) is 32.5 Å². The molecule has 0 aromatic rings. The zero-order valence-electron chi connectivity index (χ0n) is 21.8. The Labute approximate surface area is 211 Å². The number of piperidine rings is 1. The van der Waals surface area contributed by atoms with Crippen LogP contribution in [0.15, 0.2) is 0 Å². The molecule has 0 radical (unpaired) electrons. The fraction of sp³-hybridized carbons (Fsp3) is 1.00. The maximum absolute atomic E-state index is 5.78. The first-order valence-electron chi connectivity index (χ1n) is 13.0. The summed E-state index contributed by atoms with van der Waals surface area (Å²) in [6.45, 7) is 12.7. The average molecular weight is 511 g/mol. The van der Waals surface area contributed by atoms with Gasteiger partial charge in [0.05, 0.1) is 118 Å². The van der Waals surface area contributed by atoms with E-state index in [1.165, 1.54) is 0 Å². The Balaban J connectivity index is 1.61. The first-order chi connectivity index (χ1) is 17.4. The Bertz CT molecular complexity index is 405. The van der Waals surface area contributed by atoms with Gasteiger partial charge in [-0.2, -0.15) is 0 Å². The van der Waals surface area contributed by atoms with Crippen LogP contribution < -0.4 is 10.6 Å². The second kappa shape index (κ2) is 28.1. The molecule has 0 bridgehead atoms. The molecule has 1 rings (SSSR count). The third kappa shape index (κ3) is 25.0. The van der Waals surface area contributed by atoms with E-state index < -0.39 is 0 Å². The summed E-state index contributed by atoms with van der Waals surface area (Å²) in [5.41, 5.74) is 0. The molecule has 1 saturated heterocycles. The van der Waals surface area contributed by atoms with Crippen LogP contribution in [0, 0.1) is 0 Å². The molecule has 0 aromatic heterocycles. The van der Waals surface area contributed by atoms with E-state index in [0.29, 0.717) is 118 Å². The minimum atomic E-state index is 0.380. The summed E-state index contributed by atoms with van der Waals surface area (Å²) in [4.78, 5) is 0. The molecule has 0 spiro atoms. The number of hydrogen-bond donors (Lipinski definition) is 2. The quantitative estimate of drug-likeness (QED) is 0.140. The molecule has 0 aliphatic carbocycles. The zero-order chi connectivity index (χ0) is 24.9. The highest BCUT2D eigenvalue weighted by molar-refractivity contribution is 4.67. The summed E-state index contributed by atoms with van der Waals surface area (Å²) >= 11 is 0. The summed E-state index contributed by atoms with van der Waals surface area (Å²) in [5, 5.41) is 6.35. The van der Waals surface area contributed by atoms with Crippen molar-refractivity contribution < 1.29 is 42.6 Å². The predicted molar refractivity (Wildman–Crippen MR) is 132 cm³/mol. The second-order valence-corrected chi connectivity index (χ2v) is 7.82. The minimum Gasteiger partial charge on any atom is -0.378 e. The van der Waals surface area contributed by atoms with Gasteiger partial charge >= 0.3 is 0 Å². The lowest BCUT2D eigenvalue weighted by Crippen LogP contribution is -2.33. The third-order valence-electron chi connectivity index (χ3n) is 4.97. The van der Waals surface area contributed by atoms with Crippen LogP contribution in [0.25, 0.3) is 0 Å². The molecule has 0 unspecified atom stereocenters. The molecule has 11 heteroatoms. The van der Waals surface area contributed by atoms with Crippen molar-refractivity contribution in [2.75, 3.05) is 139 Å². The average Bonchev–Trinajstić information content (AvgIpc) is 2.89.